The van der Waals surface area contributed by atoms with E-state index in [1.54, 1.807) is 0 Å². The molecule has 0 fully saturated rings. The Balaban J connectivity index is 0.00000900. The molecule has 1 aromatic rings. The first-order valence-electron chi connectivity index (χ1n) is 11.8. The maximum Gasteiger partial charge on any atom is 0.279 e. The second kappa shape index (κ2) is 18.2. The number of Topliss-reactive ketones (excluding diaryl/α,β-unsaturated/α-hetero) is 1. The van der Waals surface area contributed by atoms with Crippen LogP contribution in [0.4, 0.5) is 5.69 Å². The first kappa shape index (κ1) is 29.6. The molecule has 0 aliphatic rings. The molecule has 31 heavy (non-hydrogen) atoms. The lowest BCUT2D eigenvalue weighted by Crippen LogP contribution is -3.00. The molecular weight excluding hydrogens is 410 g/mol. The summed E-state index contributed by atoms with van der Waals surface area (Å²) in [5, 5.41) is 6.18. The Morgan fingerprint density at radius 1 is 0.871 bits per heavy atom. The first-order chi connectivity index (χ1) is 14.4. The number of hydrogen-bond acceptors (Lipinski definition) is 3. The average molecular weight is 454 g/mol. The Bertz CT molecular complexity index is 594. The number of para-hydroxylation sites is 1. The smallest absolute Gasteiger partial charge is 0.279 e. The van der Waals surface area contributed by atoms with E-state index in [4.69, 9.17) is 0 Å². The van der Waals surface area contributed by atoms with Gasteiger partial charge in [0.15, 0.2) is 6.54 Å². The number of nitrogens with one attached hydrogen (secondary N) is 2. The van der Waals surface area contributed by atoms with Crippen LogP contribution in [0.2, 0.25) is 0 Å². The fourth-order valence-corrected chi connectivity index (χ4v) is 3.52. The number of ketones is 1. The third kappa shape index (κ3) is 16.9. The molecule has 0 spiro atoms. The summed E-state index contributed by atoms with van der Waals surface area (Å²) in [7, 11) is 4.08. The van der Waals surface area contributed by atoms with E-state index in [0.717, 1.165) is 25.2 Å². The number of rotatable bonds is 18. The monoisotopic (exact) mass is 453 g/mol. The standard InChI is InChI=1S/C25H43N3O2.ClH/c1-4-5-6-7-8-9-10-11-15-18-24(29)21-26-19-20-28(2,3)22-25(30)27-23-16-13-12-14-17-23;/h12-14,16-17,26H,4-11,15,18-22H2,1-3H3;1H. The summed E-state index contributed by atoms with van der Waals surface area (Å²) in [6.07, 6.45) is 12.1. The summed E-state index contributed by atoms with van der Waals surface area (Å²) < 4.78 is 0.581. The van der Waals surface area contributed by atoms with Crippen molar-refractivity contribution in [1.82, 2.24) is 5.32 Å². The van der Waals surface area contributed by atoms with Crippen LogP contribution in [0.5, 0.6) is 0 Å². The Kier molecular flexibility index (Phi) is 17.3. The highest BCUT2D eigenvalue weighted by Gasteiger charge is 2.19. The molecule has 1 amide bonds. The van der Waals surface area contributed by atoms with Gasteiger partial charge in [-0.05, 0) is 18.6 Å². The highest BCUT2D eigenvalue weighted by molar-refractivity contribution is 5.91. The van der Waals surface area contributed by atoms with Crippen LogP contribution >= 0.6 is 0 Å². The van der Waals surface area contributed by atoms with E-state index in [-0.39, 0.29) is 18.3 Å². The zero-order valence-corrected chi connectivity index (χ0v) is 20.7. The maximum atomic E-state index is 12.2. The lowest BCUT2D eigenvalue weighted by molar-refractivity contribution is -0.881. The lowest BCUT2D eigenvalue weighted by atomic mass is 10.1. The molecule has 0 aliphatic heterocycles. The van der Waals surface area contributed by atoms with Crippen molar-refractivity contribution in [2.75, 3.05) is 45.6 Å². The van der Waals surface area contributed by atoms with E-state index in [0.29, 0.717) is 29.8 Å². The number of likely N-dealkylation sites (N-methyl/N-ethyl adjacent to an activating group) is 1. The largest absolute Gasteiger partial charge is 1.00 e. The van der Waals surface area contributed by atoms with Crippen molar-refractivity contribution in [2.24, 2.45) is 0 Å². The third-order valence-electron chi connectivity index (χ3n) is 5.40. The van der Waals surface area contributed by atoms with Gasteiger partial charge in [-0.3, -0.25) is 9.59 Å². The van der Waals surface area contributed by atoms with Gasteiger partial charge in [0.2, 0.25) is 0 Å². The van der Waals surface area contributed by atoms with Gasteiger partial charge in [-0.2, -0.15) is 0 Å². The first-order valence-corrected chi connectivity index (χ1v) is 11.8. The number of carbonyl (C=O) groups is 2. The van der Waals surface area contributed by atoms with Gasteiger partial charge >= 0.3 is 0 Å². The van der Waals surface area contributed by atoms with Crippen LogP contribution in [0.3, 0.4) is 0 Å². The minimum atomic E-state index is 0. The van der Waals surface area contributed by atoms with Crippen molar-refractivity contribution in [3.05, 3.63) is 30.3 Å². The van der Waals surface area contributed by atoms with Gasteiger partial charge in [-0.25, -0.2) is 0 Å². The van der Waals surface area contributed by atoms with Gasteiger partial charge in [0.1, 0.15) is 5.78 Å². The van der Waals surface area contributed by atoms with Gasteiger partial charge in [0.05, 0.1) is 27.2 Å². The van der Waals surface area contributed by atoms with Crippen LogP contribution in [-0.4, -0.2) is 56.4 Å². The highest BCUT2D eigenvalue weighted by atomic mass is 35.5. The number of benzene rings is 1. The SMILES string of the molecule is CCCCCCCCCCCC(=O)CNCC[N+](C)(C)CC(=O)Nc1ccccc1.[Cl-]. The average Bonchev–Trinajstić information content (AvgIpc) is 2.70. The fourth-order valence-electron chi connectivity index (χ4n) is 3.52. The summed E-state index contributed by atoms with van der Waals surface area (Å²) in [6.45, 7) is 4.62. The molecule has 0 unspecified atom stereocenters. The summed E-state index contributed by atoms with van der Waals surface area (Å²) in [4.78, 5) is 24.3. The molecule has 0 heterocycles. The number of carbonyl (C=O) groups excluding carboxylic acids is 2. The number of anilines is 1. The third-order valence-corrected chi connectivity index (χ3v) is 5.40. The fraction of sp³-hybridized carbons (Fsp3) is 0.680. The summed E-state index contributed by atoms with van der Waals surface area (Å²) in [5.74, 6) is 0.303. The number of unbranched alkanes of at least 4 members (excludes halogenated alkanes) is 8. The molecule has 2 N–H and O–H groups in total. The second-order valence-electron chi connectivity index (χ2n) is 9.03. The normalized spacial score (nSPS) is 11.1. The van der Waals surface area contributed by atoms with Crippen LogP contribution in [0.1, 0.15) is 71.1 Å². The van der Waals surface area contributed by atoms with E-state index in [1.807, 2.05) is 44.4 Å². The van der Waals surface area contributed by atoms with E-state index in [9.17, 15) is 9.59 Å². The molecule has 6 heteroatoms. The number of quaternary nitrogens is 1. The van der Waals surface area contributed by atoms with E-state index >= 15 is 0 Å². The molecule has 178 valence electrons. The quantitative estimate of drug-likeness (QED) is 0.263. The topological polar surface area (TPSA) is 58.2 Å². The summed E-state index contributed by atoms with van der Waals surface area (Å²) in [5.41, 5.74) is 0.822. The Morgan fingerprint density at radius 2 is 1.45 bits per heavy atom. The molecule has 0 saturated carbocycles. The molecule has 5 nitrogen and oxygen atoms in total. The van der Waals surface area contributed by atoms with Gasteiger partial charge in [0.25, 0.3) is 5.91 Å². The minimum Gasteiger partial charge on any atom is -1.00 e. The van der Waals surface area contributed by atoms with Gasteiger partial charge in [-0.15, -0.1) is 0 Å². The van der Waals surface area contributed by atoms with E-state index < -0.39 is 0 Å². The van der Waals surface area contributed by atoms with Crippen LogP contribution in [0.15, 0.2) is 30.3 Å². The van der Waals surface area contributed by atoms with Crippen LogP contribution in [0, 0.1) is 0 Å². The number of hydrogen-bond donors (Lipinski definition) is 2. The van der Waals surface area contributed by atoms with Crippen LogP contribution in [0.25, 0.3) is 0 Å². The summed E-state index contributed by atoms with van der Waals surface area (Å²) >= 11 is 0. The molecule has 0 radical (unpaired) electrons. The van der Waals surface area contributed by atoms with Crippen LogP contribution < -0.4 is 23.0 Å². The number of halogens is 1. The zero-order chi connectivity index (χ0) is 22.1. The predicted molar refractivity (Wildman–Crippen MR) is 127 cm³/mol. The van der Waals surface area contributed by atoms with Crippen molar-refractivity contribution in [2.45, 2.75) is 71.1 Å². The van der Waals surface area contributed by atoms with Crippen LogP contribution in [-0.2, 0) is 9.59 Å². The van der Waals surface area contributed by atoms with Gasteiger partial charge in [-0.1, -0.05) is 76.5 Å². The Labute approximate surface area is 196 Å². The molecule has 0 aliphatic carbocycles. The van der Waals surface area contributed by atoms with Crippen molar-refractivity contribution >= 4 is 17.4 Å². The minimum absolute atomic E-state index is 0. The predicted octanol–water partition coefficient (Wildman–Crippen LogP) is 1.79. The van der Waals surface area contributed by atoms with Gasteiger partial charge < -0.3 is 27.5 Å². The molecular formula is C25H44ClN3O2. The molecule has 0 atom stereocenters. The Hall–Kier alpha value is -1.43. The number of nitrogens with zero attached hydrogens (tertiary/aromatic N) is 1. The number of amides is 1. The van der Waals surface area contributed by atoms with Crippen molar-refractivity contribution in [3.63, 3.8) is 0 Å². The van der Waals surface area contributed by atoms with E-state index in [2.05, 4.69) is 17.6 Å². The zero-order valence-electron chi connectivity index (χ0n) is 19.9. The van der Waals surface area contributed by atoms with Crippen molar-refractivity contribution in [3.8, 4) is 0 Å². The lowest BCUT2D eigenvalue weighted by Gasteiger charge is -2.29. The summed E-state index contributed by atoms with van der Waals surface area (Å²) in [6, 6.07) is 9.52. The molecule has 0 bridgehead atoms. The maximum absolute atomic E-state index is 12.2. The molecule has 1 aromatic carbocycles. The highest BCUT2D eigenvalue weighted by Crippen LogP contribution is 2.10. The molecule has 0 saturated heterocycles. The van der Waals surface area contributed by atoms with Crippen molar-refractivity contribution < 1.29 is 26.5 Å². The van der Waals surface area contributed by atoms with Crippen molar-refractivity contribution in [1.29, 1.82) is 0 Å². The molecule has 1 rings (SSSR count). The van der Waals surface area contributed by atoms with E-state index in [1.165, 1.54) is 51.4 Å². The molecule has 0 aromatic heterocycles. The Morgan fingerprint density at radius 3 is 2.06 bits per heavy atom. The second-order valence-corrected chi connectivity index (χ2v) is 9.03. The van der Waals surface area contributed by atoms with Gasteiger partial charge in [0, 0.05) is 18.7 Å².